The number of nitrogens with zero attached hydrogens (tertiary/aromatic N) is 2. The average Bonchev–Trinajstić information content (AvgIpc) is 2.22. The summed E-state index contributed by atoms with van der Waals surface area (Å²) < 4.78 is 0. The summed E-state index contributed by atoms with van der Waals surface area (Å²) in [5.74, 6) is 1.58. The van der Waals surface area contributed by atoms with Gasteiger partial charge in [0.15, 0.2) is 0 Å². The van der Waals surface area contributed by atoms with Crippen LogP contribution in [0.2, 0.25) is 5.15 Å². The first-order chi connectivity index (χ1) is 7.50. The molecule has 1 aromatic heterocycles. The van der Waals surface area contributed by atoms with E-state index in [-0.39, 0.29) is 0 Å². The molecule has 0 radical (unpaired) electrons. The lowest BCUT2D eigenvalue weighted by Gasteiger charge is -2.17. The van der Waals surface area contributed by atoms with Crippen molar-refractivity contribution in [3.05, 3.63) is 17.0 Å². The molecule has 0 aromatic carbocycles. The van der Waals surface area contributed by atoms with Gasteiger partial charge < -0.3 is 5.32 Å². The molecule has 1 rings (SSSR count). The number of halogens is 1. The summed E-state index contributed by atoms with van der Waals surface area (Å²) in [6.45, 7) is 8.57. The zero-order valence-electron chi connectivity index (χ0n) is 10.4. The number of aromatic nitrogens is 2. The highest BCUT2D eigenvalue weighted by molar-refractivity contribution is 6.30. The van der Waals surface area contributed by atoms with Crippen LogP contribution in [0.3, 0.4) is 0 Å². The minimum Gasteiger partial charge on any atom is -0.367 e. The minimum atomic E-state index is 0.409. The molecule has 3 nitrogen and oxygen atoms in total. The molecule has 0 aliphatic heterocycles. The van der Waals surface area contributed by atoms with Crippen molar-refractivity contribution in [2.75, 3.05) is 5.32 Å². The third-order valence-electron chi connectivity index (χ3n) is 2.58. The monoisotopic (exact) mass is 241 g/mol. The smallest absolute Gasteiger partial charge is 0.137 e. The van der Waals surface area contributed by atoms with Crippen molar-refractivity contribution < 1.29 is 0 Å². The zero-order chi connectivity index (χ0) is 12.1. The molecule has 0 fully saturated rings. The Bertz CT molecular complexity index is 339. The summed E-state index contributed by atoms with van der Waals surface area (Å²) >= 11 is 5.93. The van der Waals surface area contributed by atoms with Crippen molar-refractivity contribution in [3.63, 3.8) is 0 Å². The Morgan fingerprint density at radius 2 is 1.94 bits per heavy atom. The van der Waals surface area contributed by atoms with Crippen LogP contribution in [0, 0.1) is 12.8 Å². The molecule has 0 spiro atoms. The number of anilines is 1. The van der Waals surface area contributed by atoms with Crippen LogP contribution < -0.4 is 5.32 Å². The molecule has 4 heteroatoms. The maximum Gasteiger partial charge on any atom is 0.137 e. The van der Waals surface area contributed by atoms with Gasteiger partial charge in [0, 0.05) is 11.6 Å². The molecule has 0 saturated carbocycles. The van der Waals surface area contributed by atoms with Gasteiger partial charge in [-0.05, 0) is 32.6 Å². The molecular formula is C12H20ClN3. The van der Waals surface area contributed by atoms with Crippen LogP contribution >= 0.6 is 11.6 Å². The van der Waals surface area contributed by atoms with Crippen LogP contribution in [0.25, 0.3) is 0 Å². The Kier molecular flexibility index (Phi) is 5.00. The molecular weight excluding hydrogens is 222 g/mol. The standard InChI is InChI=1S/C12H20ClN3/c1-8(2)5-6-9(3)16-12-10(4)11(13)14-7-15-12/h7-9H,5-6H2,1-4H3,(H,14,15,16). The summed E-state index contributed by atoms with van der Waals surface area (Å²) in [7, 11) is 0. The zero-order valence-corrected chi connectivity index (χ0v) is 11.2. The molecule has 0 amide bonds. The molecule has 1 unspecified atom stereocenters. The SMILES string of the molecule is Cc1c(Cl)ncnc1NC(C)CCC(C)C. The topological polar surface area (TPSA) is 37.8 Å². The summed E-state index contributed by atoms with van der Waals surface area (Å²) in [6.07, 6.45) is 3.84. The second-order valence-corrected chi connectivity index (χ2v) is 5.01. The minimum absolute atomic E-state index is 0.409. The molecule has 0 bridgehead atoms. The molecule has 1 heterocycles. The number of hydrogen-bond donors (Lipinski definition) is 1. The van der Waals surface area contributed by atoms with E-state index < -0.39 is 0 Å². The van der Waals surface area contributed by atoms with Crippen molar-refractivity contribution in [3.8, 4) is 0 Å². The summed E-state index contributed by atoms with van der Waals surface area (Å²) in [5, 5.41) is 3.89. The first-order valence-corrected chi connectivity index (χ1v) is 6.12. The Labute approximate surface area is 103 Å². The van der Waals surface area contributed by atoms with E-state index in [0.717, 1.165) is 23.7 Å². The third-order valence-corrected chi connectivity index (χ3v) is 2.96. The lowest BCUT2D eigenvalue weighted by molar-refractivity contribution is 0.527. The van der Waals surface area contributed by atoms with Gasteiger partial charge in [0.25, 0.3) is 0 Å². The van der Waals surface area contributed by atoms with Crippen molar-refractivity contribution in [2.45, 2.75) is 46.6 Å². The van der Waals surface area contributed by atoms with Gasteiger partial charge in [-0.15, -0.1) is 0 Å². The van der Waals surface area contributed by atoms with Crippen LogP contribution in [0.15, 0.2) is 6.33 Å². The lowest BCUT2D eigenvalue weighted by Crippen LogP contribution is -2.17. The first kappa shape index (κ1) is 13.2. The largest absolute Gasteiger partial charge is 0.367 e. The van der Waals surface area contributed by atoms with Gasteiger partial charge in [-0.1, -0.05) is 25.4 Å². The highest BCUT2D eigenvalue weighted by Crippen LogP contribution is 2.19. The molecule has 0 saturated heterocycles. The van der Waals surface area contributed by atoms with Crippen molar-refractivity contribution in [2.24, 2.45) is 5.92 Å². The van der Waals surface area contributed by atoms with Crippen LogP contribution in [0.5, 0.6) is 0 Å². The molecule has 1 atom stereocenters. The predicted molar refractivity (Wildman–Crippen MR) is 68.9 cm³/mol. The highest BCUT2D eigenvalue weighted by Gasteiger charge is 2.08. The Morgan fingerprint density at radius 1 is 1.25 bits per heavy atom. The fourth-order valence-corrected chi connectivity index (χ4v) is 1.60. The van der Waals surface area contributed by atoms with Crippen LogP contribution in [-0.2, 0) is 0 Å². The second-order valence-electron chi connectivity index (χ2n) is 4.65. The van der Waals surface area contributed by atoms with Crippen LogP contribution in [0.1, 0.15) is 39.2 Å². The van der Waals surface area contributed by atoms with E-state index in [0.29, 0.717) is 11.2 Å². The summed E-state index contributed by atoms with van der Waals surface area (Å²) in [5.41, 5.74) is 0.917. The normalized spacial score (nSPS) is 12.9. The Hall–Kier alpha value is -0.830. The quantitative estimate of drug-likeness (QED) is 0.800. The summed E-state index contributed by atoms with van der Waals surface area (Å²) in [4.78, 5) is 8.13. The predicted octanol–water partition coefficient (Wildman–Crippen LogP) is 3.68. The molecule has 0 aliphatic rings. The number of rotatable bonds is 5. The van der Waals surface area contributed by atoms with Gasteiger partial charge in [0.05, 0.1) is 0 Å². The van der Waals surface area contributed by atoms with E-state index in [1.165, 1.54) is 12.7 Å². The number of hydrogen-bond acceptors (Lipinski definition) is 3. The fourth-order valence-electron chi connectivity index (χ4n) is 1.46. The molecule has 1 aromatic rings. The third kappa shape index (κ3) is 3.97. The average molecular weight is 242 g/mol. The van der Waals surface area contributed by atoms with E-state index in [4.69, 9.17) is 11.6 Å². The van der Waals surface area contributed by atoms with Gasteiger partial charge in [-0.2, -0.15) is 0 Å². The van der Waals surface area contributed by atoms with Crippen LogP contribution in [-0.4, -0.2) is 16.0 Å². The molecule has 1 N–H and O–H groups in total. The van der Waals surface area contributed by atoms with E-state index in [9.17, 15) is 0 Å². The number of nitrogens with one attached hydrogen (secondary N) is 1. The Morgan fingerprint density at radius 3 is 2.56 bits per heavy atom. The van der Waals surface area contributed by atoms with Gasteiger partial charge in [0.2, 0.25) is 0 Å². The Balaban J connectivity index is 2.56. The maximum atomic E-state index is 5.93. The van der Waals surface area contributed by atoms with Gasteiger partial charge >= 0.3 is 0 Å². The van der Waals surface area contributed by atoms with Gasteiger partial charge in [-0.25, -0.2) is 9.97 Å². The van der Waals surface area contributed by atoms with Crippen LogP contribution in [0.4, 0.5) is 5.82 Å². The van der Waals surface area contributed by atoms with Gasteiger partial charge in [0.1, 0.15) is 17.3 Å². The molecule has 16 heavy (non-hydrogen) atoms. The first-order valence-electron chi connectivity index (χ1n) is 5.74. The van der Waals surface area contributed by atoms with E-state index >= 15 is 0 Å². The maximum absolute atomic E-state index is 5.93. The van der Waals surface area contributed by atoms with Gasteiger partial charge in [-0.3, -0.25) is 0 Å². The fraction of sp³-hybridized carbons (Fsp3) is 0.667. The van der Waals surface area contributed by atoms with Crippen molar-refractivity contribution in [1.82, 2.24) is 9.97 Å². The lowest BCUT2D eigenvalue weighted by atomic mass is 10.0. The molecule has 0 aliphatic carbocycles. The highest BCUT2D eigenvalue weighted by atomic mass is 35.5. The van der Waals surface area contributed by atoms with E-state index in [1.54, 1.807) is 0 Å². The second kappa shape index (κ2) is 6.04. The van der Waals surface area contributed by atoms with E-state index in [1.807, 2.05) is 6.92 Å². The molecule has 90 valence electrons. The van der Waals surface area contributed by atoms with Crippen molar-refractivity contribution in [1.29, 1.82) is 0 Å². The van der Waals surface area contributed by atoms with E-state index in [2.05, 4.69) is 36.1 Å². The summed E-state index contributed by atoms with van der Waals surface area (Å²) in [6, 6.07) is 0.409. The van der Waals surface area contributed by atoms with Crippen molar-refractivity contribution >= 4 is 17.4 Å².